The molecule has 0 saturated carbocycles. The van der Waals surface area contributed by atoms with Crippen LogP contribution in [0.25, 0.3) is 0 Å². The van der Waals surface area contributed by atoms with E-state index in [1.165, 1.54) is 0 Å². The van der Waals surface area contributed by atoms with Crippen LogP contribution in [0, 0.1) is 0 Å². The lowest BCUT2D eigenvalue weighted by Crippen LogP contribution is -2.15. The minimum Gasteiger partial charge on any atom is -0.495 e. The maximum atomic E-state index is 11.1. The second-order valence-corrected chi connectivity index (χ2v) is 4.37. The van der Waals surface area contributed by atoms with Gasteiger partial charge in [0, 0.05) is 12.6 Å². The highest BCUT2D eigenvalue weighted by molar-refractivity contribution is 5.95. The van der Waals surface area contributed by atoms with Crippen molar-refractivity contribution in [2.75, 3.05) is 24.8 Å². The van der Waals surface area contributed by atoms with Crippen molar-refractivity contribution >= 4 is 23.0 Å². The molecular formula is C15H17N3O2. The van der Waals surface area contributed by atoms with Crippen LogP contribution >= 0.6 is 0 Å². The number of nitrogen functional groups attached to an aromatic ring is 1. The Labute approximate surface area is 117 Å². The molecule has 0 heterocycles. The Hall–Kier alpha value is -2.69. The van der Waals surface area contributed by atoms with Gasteiger partial charge in [-0.05, 0) is 30.3 Å². The first-order valence-corrected chi connectivity index (χ1v) is 6.10. The number of nitrogens with zero attached hydrogens (tertiary/aromatic N) is 1. The van der Waals surface area contributed by atoms with Crippen LogP contribution in [0.3, 0.4) is 0 Å². The molecule has 5 heteroatoms. The third-order valence-corrected chi connectivity index (χ3v) is 3.12. The normalized spacial score (nSPS) is 10.1. The molecule has 0 aromatic heterocycles. The third kappa shape index (κ3) is 2.51. The van der Waals surface area contributed by atoms with Crippen molar-refractivity contribution in [1.82, 2.24) is 0 Å². The molecule has 0 bridgehead atoms. The molecule has 2 rings (SSSR count). The van der Waals surface area contributed by atoms with Gasteiger partial charge in [-0.3, -0.25) is 4.79 Å². The highest BCUT2D eigenvalue weighted by Crippen LogP contribution is 2.35. The first kappa shape index (κ1) is 13.7. The first-order chi connectivity index (χ1) is 9.54. The molecule has 0 aliphatic carbocycles. The number of nitrogens with two attached hydrogens (primary N) is 2. The Morgan fingerprint density at radius 2 is 1.85 bits per heavy atom. The molecule has 1 amide bonds. The van der Waals surface area contributed by atoms with Gasteiger partial charge in [0.25, 0.3) is 0 Å². The predicted octanol–water partition coefficient (Wildman–Crippen LogP) is 2.14. The van der Waals surface area contributed by atoms with Crippen molar-refractivity contribution in [3.63, 3.8) is 0 Å². The maximum absolute atomic E-state index is 11.1. The van der Waals surface area contributed by atoms with Crippen molar-refractivity contribution in [1.29, 1.82) is 0 Å². The summed E-state index contributed by atoms with van der Waals surface area (Å²) < 4.78 is 5.33. The number of rotatable bonds is 4. The van der Waals surface area contributed by atoms with Gasteiger partial charge in [0.2, 0.25) is 5.91 Å². The van der Waals surface area contributed by atoms with E-state index in [4.69, 9.17) is 16.2 Å². The molecule has 0 spiro atoms. The van der Waals surface area contributed by atoms with Gasteiger partial charge in [-0.15, -0.1) is 0 Å². The molecule has 0 radical (unpaired) electrons. The zero-order valence-corrected chi connectivity index (χ0v) is 11.5. The first-order valence-electron chi connectivity index (χ1n) is 6.10. The zero-order valence-electron chi connectivity index (χ0n) is 11.5. The fourth-order valence-electron chi connectivity index (χ4n) is 2.05. The van der Waals surface area contributed by atoms with Crippen molar-refractivity contribution in [3.8, 4) is 5.75 Å². The van der Waals surface area contributed by atoms with E-state index < -0.39 is 5.91 Å². The van der Waals surface area contributed by atoms with Crippen molar-refractivity contribution in [2.24, 2.45) is 5.73 Å². The molecule has 5 nitrogen and oxygen atoms in total. The van der Waals surface area contributed by atoms with Gasteiger partial charge in [0.15, 0.2) is 0 Å². The second kappa shape index (κ2) is 5.52. The Kier molecular flexibility index (Phi) is 3.79. The zero-order chi connectivity index (χ0) is 14.7. The SMILES string of the molecule is COc1ccccc1N(C)c1ccc(C(N)=O)cc1N. The van der Waals surface area contributed by atoms with Gasteiger partial charge < -0.3 is 21.1 Å². The van der Waals surface area contributed by atoms with Crippen molar-refractivity contribution in [2.45, 2.75) is 0 Å². The highest BCUT2D eigenvalue weighted by Gasteiger charge is 2.13. The van der Waals surface area contributed by atoms with E-state index in [2.05, 4.69) is 0 Å². The summed E-state index contributed by atoms with van der Waals surface area (Å²) in [6.07, 6.45) is 0. The summed E-state index contributed by atoms with van der Waals surface area (Å²) in [5.41, 5.74) is 13.8. The average molecular weight is 271 g/mol. The van der Waals surface area contributed by atoms with Crippen LogP contribution in [-0.4, -0.2) is 20.1 Å². The maximum Gasteiger partial charge on any atom is 0.248 e. The molecule has 20 heavy (non-hydrogen) atoms. The molecule has 0 aliphatic rings. The molecule has 104 valence electrons. The minimum absolute atomic E-state index is 0.389. The average Bonchev–Trinajstić information content (AvgIpc) is 2.46. The van der Waals surface area contributed by atoms with E-state index in [-0.39, 0.29) is 0 Å². The lowest BCUT2D eigenvalue weighted by molar-refractivity contribution is 0.100. The molecule has 2 aromatic carbocycles. The highest BCUT2D eigenvalue weighted by atomic mass is 16.5. The molecule has 0 aliphatic heterocycles. The van der Waals surface area contributed by atoms with Crippen LogP contribution in [0.2, 0.25) is 0 Å². The van der Waals surface area contributed by atoms with Gasteiger partial charge in [-0.1, -0.05) is 12.1 Å². The summed E-state index contributed by atoms with van der Waals surface area (Å²) in [5, 5.41) is 0. The van der Waals surface area contributed by atoms with E-state index in [0.717, 1.165) is 17.1 Å². The number of ether oxygens (including phenoxy) is 1. The van der Waals surface area contributed by atoms with E-state index in [9.17, 15) is 4.79 Å². The largest absolute Gasteiger partial charge is 0.495 e. The fraction of sp³-hybridized carbons (Fsp3) is 0.133. The minimum atomic E-state index is -0.497. The molecule has 0 saturated heterocycles. The number of para-hydroxylation sites is 2. The molecule has 0 unspecified atom stereocenters. The number of benzene rings is 2. The van der Waals surface area contributed by atoms with Crippen molar-refractivity contribution < 1.29 is 9.53 Å². The number of primary amides is 1. The number of anilines is 3. The number of hydrogen-bond donors (Lipinski definition) is 2. The van der Waals surface area contributed by atoms with Crippen LogP contribution in [0.15, 0.2) is 42.5 Å². The molecule has 4 N–H and O–H groups in total. The standard InChI is InChI=1S/C15H17N3O2/c1-18(13-5-3-4-6-14(13)20-2)12-8-7-10(15(17)19)9-11(12)16/h3-9H,16H2,1-2H3,(H2,17,19). The summed E-state index contributed by atoms with van der Waals surface area (Å²) in [6, 6.07) is 12.6. The van der Waals surface area contributed by atoms with Crippen LogP contribution in [-0.2, 0) is 0 Å². The molecule has 0 atom stereocenters. The number of hydrogen-bond acceptors (Lipinski definition) is 4. The Bertz CT molecular complexity index is 641. The van der Waals surface area contributed by atoms with E-state index >= 15 is 0 Å². The van der Waals surface area contributed by atoms with Gasteiger partial charge >= 0.3 is 0 Å². The van der Waals surface area contributed by atoms with Crippen LogP contribution < -0.4 is 21.1 Å². The lowest BCUT2D eigenvalue weighted by atomic mass is 10.1. The summed E-state index contributed by atoms with van der Waals surface area (Å²) in [7, 11) is 3.50. The monoisotopic (exact) mass is 271 g/mol. The van der Waals surface area contributed by atoms with E-state index in [1.54, 1.807) is 25.3 Å². The topological polar surface area (TPSA) is 81.6 Å². The van der Waals surface area contributed by atoms with Gasteiger partial charge in [0.1, 0.15) is 5.75 Å². The Balaban J connectivity index is 2.43. The third-order valence-electron chi connectivity index (χ3n) is 3.12. The van der Waals surface area contributed by atoms with Gasteiger partial charge in [-0.2, -0.15) is 0 Å². The Morgan fingerprint density at radius 1 is 1.15 bits per heavy atom. The molecule has 2 aromatic rings. The van der Waals surface area contributed by atoms with Crippen molar-refractivity contribution in [3.05, 3.63) is 48.0 Å². The summed E-state index contributed by atoms with van der Waals surface area (Å²) in [5.74, 6) is 0.247. The molecular weight excluding hydrogens is 254 g/mol. The van der Waals surface area contributed by atoms with E-state index in [1.807, 2.05) is 36.2 Å². The second-order valence-electron chi connectivity index (χ2n) is 4.37. The summed E-state index contributed by atoms with van der Waals surface area (Å²) >= 11 is 0. The Morgan fingerprint density at radius 3 is 2.45 bits per heavy atom. The van der Waals surface area contributed by atoms with Gasteiger partial charge in [-0.25, -0.2) is 0 Å². The van der Waals surface area contributed by atoms with Crippen LogP contribution in [0.4, 0.5) is 17.1 Å². The van der Waals surface area contributed by atoms with Gasteiger partial charge in [0.05, 0.1) is 24.2 Å². The van der Waals surface area contributed by atoms with Crippen LogP contribution in [0.1, 0.15) is 10.4 Å². The number of amides is 1. The quantitative estimate of drug-likeness (QED) is 0.835. The van der Waals surface area contributed by atoms with E-state index in [0.29, 0.717) is 11.3 Å². The smallest absolute Gasteiger partial charge is 0.248 e. The number of carbonyl (C=O) groups excluding carboxylic acids is 1. The lowest BCUT2D eigenvalue weighted by Gasteiger charge is -2.23. The summed E-state index contributed by atoms with van der Waals surface area (Å²) in [6.45, 7) is 0. The number of methoxy groups -OCH3 is 1. The number of carbonyl (C=O) groups is 1. The predicted molar refractivity (Wildman–Crippen MR) is 80.4 cm³/mol. The fourth-order valence-corrected chi connectivity index (χ4v) is 2.05. The summed E-state index contributed by atoms with van der Waals surface area (Å²) in [4.78, 5) is 13.0. The van der Waals surface area contributed by atoms with Crippen LogP contribution in [0.5, 0.6) is 5.75 Å². The molecule has 0 fully saturated rings.